The highest BCUT2D eigenvalue weighted by atomic mass is 16.5. The number of anilines is 2. The van der Waals surface area contributed by atoms with Gasteiger partial charge in [0.2, 0.25) is 5.88 Å². The van der Waals surface area contributed by atoms with Crippen LogP contribution in [0, 0.1) is 18.3 Å². The van der Waals surface area contributed by atoms with Gasteiger partial charge in [0.25, 0.3) is 0 Å². The molecule has 5 N–H and O–H groups in total. The molecule has 0 bridgehead atoms. The van der Waals surface area contributed by atoms with Gasteiger partial charge >= 0.3 is 5.63 Å². The van der Waals surface area contributed by atoms with E-state index in [9.17, 15) is 15.2 Å². The maximum Gasteiger partial charge on any atom is 0.343 e. The lowest BCUT2D eigenvalue weighted by Gasteiger charge is -2.29. The molecule has 4 rings (SSSR count). The minimum atomic E-state index is -0.916. The number of nitrogens with zero attached hydrogens (tertiary/aromatic N) is 2. The van der Waals surface area contributed by atoms with Gasteiger partial charge in [-0.2, -0.15) is 10.2 Å². The van der Waals surface area contributed by atoms with Gasteiger partial charge in [0.05, 0.1) is 29.8 Å². The number of nitrogens with two attached hydrogens (primary N) is 2. The van der Waals surface area contributed by atoms with Crippen LogP contribution in [-0.2, 0) is 0 Å². The Balaban J connectivity index is 2.14. The first-order valence-electron chi connectivity index (χ1n) is 8.54. The first-order valence-corrected chi connectivity index (χ1v) is 8.54. The molecule has 0 radical (unpaired) electrons. The fourth-order valence-corrected chi connectivity index (χ4v) is 3.54. The summed E-state index contributed by atoms with van der Waals surface area (Å²) in [7, 11) is 1.47. The SMILES string of the molecule is COc1cccc2c1Oc1nc(N)c(C#N)c(N)c1C2c1c(O)cc(C)oc1=O. The second-order valence-electron chi connectivity index (χ2n) is 6.47. The molecule has 29 heavy (non-hydrogen) atoms. The lowest BCUT2D eigenvalue weighted by Crippen LogP contribution is -2.22. The van der Waals surface area contributed by atoms with E-state index in [0.29, 0.717) is 17.1 Å². The predicted octanol–water partition coefficient (Wildman–Crippen LogP) is 2.38. The third-order valence-electron chi connectivity index (χ3n) is 4.79. The van der Waals surface area contributed by atoms with Gasteiger partial charge in [-0.1, -0.05) is 12.1 Å². The Bertz CT molecular complexity index is 1260. The molecule has 1 aliphatic rings. The van der Waals surface area contributed by atoms with Crippen molar-refractivity contribution in [2.24, 2.45) is 0 Å². The lowest BCUT2D eigenvalue weighted by molar-refractivity contribution is 0.361. The fraction of sp³-hybridized carbons (Fsp3) is 0.150. The average Bonchev–Trinajstić information content (AvgIpc) is 2.66. The normalized spacial score (nSPS) is 14.3. The van der Waals surface area contributed by atoms with Gasteiger partial charge in [-0.05, 0) is 13.0 Å². The highest BCUT2D eigenvalue weighted by Gasteiger charge is 2.38. The number of aryl methyl sites for hydroxylation is 1. The Kier molecular flexibility index (Phi) is 4.05. The maximum absolute atomic E-state index is 12.7. The predicted molar refractivity (Wildman–Crippen MR) is 103 cm³/mol. The molecule has 1 aliphatic heterocycles. The van der Waals surface area contributed by atoms with E-state index in [4.69, 9.17) is 25.4 Å². The zero-order valence-electron chi connectivity index (χ0n) is 15.5. The highest BCUT2D eigenvalue weighted by molar-refractivity contribution is 5.76. The summed E-state index contributed by atoms with van der Waals surface area (Å²) in [6.07, 6.45) is 0. The minimum absolute atomic E-state index is 0.00726. The Hall–Kier alpha value is -4.19. The molecule has 0 spiro atoms. The molecule has 9 nitrogen and oxygen atoms in total. The lowest BCUT2D eigenvalue weighted by atomic mass is 9.82. The van der Waals surface area contributed by atoms with Crippen LogP contribution in [0.5, 0.6) is 23.1 Å². The van der Waals surface area contributed by atoms with Crippen LogP contribution in [0.3, 0.4) is 0 Å². The number of benzene rings is 1. The molecule has 9 heteroatoms. The highest BCUT2D eigenvalue weighted by Crippen LogP contribution is 2.53. The first-order chi connectivity index (χ1) is 13.9. The van der Waals surface area contributed by atoms with Crippen LogP contribution < -0.4 is 26.6 Å². The van der Waals surface area contributed by atoms with Crippen molar-refractivity contribution in [2.45, 2.75) is 12.8 Å². The van der Waals surface area contributed by atoms with E-state index in [0.717, 1.165) is 0 Å². The summed E-state index contributed by atoms with van der Waals surface area (Å²) in [6, 6.07) is 8.33. The molecule has 1 aromatic carbocycles. The van der Waals surface area contributed by atoms with E-state index in [-0.39, 0.29) is 45.6 Å². The van der Waals surface area contributed by atoms with Crippen molar-refractivity contribution in [2.75, 3.05) is 18.6 Å². The molecule has 3 heterocycles. The molecular weight excluding hydrogens is 376 g/mol. The number of rotatable bonds is 2. The molecule has 2 aromatic heterocycles. The minimum Gasteiger partial charge on any atom is -0.507 e. The van der Waals surface area contributed by atoms with Gasteiger partial charge in [-0.3, -0.25) is 0 Å². The van der Waals surface area contributed by atoms with Crippen LogP contribution in [0.25, 0.3) is 0 Å². The summed E-state index contributed by atoms with van der Waals surface area (Å²) in [6.45, 7) is 1.55. The van der Waals surface area contributed by atoms with E-state index >= 15 is 0 Å². The van der Waals surface area contributed by atoms with E-state index in [1.807, 2.05) is 6.07 Å². The quantitative estimate of drug-likeness (QED) is 0.465. The fourth-order valence-electron chi connectivity index (χ4n) is 3.54. The van der Waals surface area contributed by atoms with E-state index in [2.05, 4.69) is 4.98 Å². The topological polar surface area (TPSA) is 158 Å². The first kappa shape index (κ1) is 18.2. The molecular formula is C20H16N4O5. The number of fused-ring (bicyclic) bond motifs is 2. The van der Waals surface area contributed by atoms with Gasteiger partial charge in [-0.25, -0.2) is 4.79 Å². The number of para-hydroxylation sites is 1. The van der Waals surface area contributed by atoms with Gasteiger partial charge in [0, 0.05) is 11.6 Å². The number of aromatic hydroxyl groups is 1. The monoisotopic (exact) mass is 392 g/mol. The number of hydrogen-bond acceptors (Lipinski definition) is 9. The van der Waals surface area contributed by atoms with Crippen LogP contribution in [-0.4, -0.2) is 17.2 Å². The summed E-state index contributed by atoms with van der Waals surface area (Å²) in [5, 5.41) is 20.0. The Labute approximate surface area is 164 Å². The number of nitriles is 1. The van der Waals surface area contributed by atoms with Gasteiger partial charge in [0.1, 0.15) is 29.0 Å². The van der Waals surface area contributed by atoms with Crippen molar-refractivity contribution in [1.29, 1.82) is 5.26 Å². The third kappa shape index (κ3) is 2.62. The molecule has 0 amide bonds. The zero-order valence-corrected chi connectivity index (χ0v) is 15.5. The van der Waals surface area contributed by atoms with Gasteiger partial charge < -0.3 is 30.5 Å². The van der Waals surface area contributed by atoms with Crippen molar-refractivity contribution < 1.29 is 19.0 Å². The number of aromatic nitrogens is 1. The maximum atomic E-state index is 12.7. The van der Waals surface area contributed by atoms with Crippen molar-refractivity contribution >= 4 is 11.5 Å². The summed E-state index contributed by atoms with van der Waals surface area (Å²) < 4.78 is 16.5. The van der Waals surface area contributed by atoms with Crippen LogP contribution in [0.2, 0.25) is 0 Å². The van der Waals surface area contributed by atoms with E-state index in [1.165, 1.54) is 13.2 Å². The molecule has 3 aromatic rings. The molecule has 146 valence electrons. The number of methoxy groups -OCH3 is 1. The number of pyridine rings is 1. The van der Waals surface area contributed by atoms with Gasteiger partial charge in [-0.15, -0.1) is 0 Å². The largest absolute Gasteiger partial charge is 0.507 e. The molecule has 1 atom stereocenters. The Morgan fingerprint density at radius 2 is 2.07 bits per heavy atom. The molecule has 0 saturated carbocycles. The van der Waals surface area contributed by atoms with E-state index in [1.54, 1.807) is 25.1 Å². The smallest absolute Gasteiger partial charge is 0.343 e. The Morgan fingerprint density at radius 1 is 1.31 bits per heavy atom. The molecule has 0 aliphatic carbocycles. The van der Waals surface area contributed by atoms with Crippen molar-refractivity contribution in [1.82, 2.24) is 4.98 Å². The summed E-state index contributed by atoms with van der Waals surface area (Å²) in [4.78, 5) is 16.9. The van der Waals surface area contributed by atoms with Crippen molar-refractivity contribution in [3.63, 3.8) is 0 Å². The third-order valence-corrected chi connectivity index (χ3v) is 4.79. The van der Waals surface area contributed by atoms with Gasteiger partial charge in [0.15, 0.2) is 11.5 Å². The zero-order chi connectivity index (χ0) is 20.9. The number of nitrogen functional groups attached to an aromatic ring is 2. The van der Waals surface area contributed by atoms with Crippen LogP contribution in [0.4, 0.5) is 11.5 Å². The summed E-state index contributed by atoms with van der Waals surface area (Å²) >= 11 is 0. The second-order valence-corrected chi connectivity index (χ2v) is 6.47. The number of ether oxygens (including phenoxy) is 2. The summed E-state index contributed by atoms with van der Waals surface area (Å²) in [5.41, 5.74) is 12.0. The van der Waals surface area contributed by atoms with Crippen LogP contribution >= 0.6 is 0 Å². The standard InChI is InChI=1S/C20H16N4O5/c1-8-6-11(25)14(20(26)28-8)13-9-4-3-5-12(27-2)17(9)29-19-15(13)16(22)10(7-21)18(23)24-19/h3-6,13,25H,1-2H3,(H4,22,23,24). The van der Waals surface area contributed by atoms with Crippen molar-refractivity contribution in [3.8, 4) is 29.2 Å². The summed E-state index contributed by atoms with van der Waals surface area (Å²) in [5.74, 6) is -0.363. The molecule has 1 unspecified atom stereocenters. The van der Waals surface area contributed by atoms with Crippen LogP contribution in [0.15, 0.2) is 33.5 Å². The van der Waals surface area contributed by atoms with E-state index < -0.39 is 11.5 Å². The average molecular weight is 392 g/mol. The van der Waals surface area contributed by atoms with Crippen LogP contribution in [0.1, 0.15) is 33.9 Å². The second kappa shape index (κ2) is 6.45. The number of hydrogen-bond donors (Lipinski definition) is 3. The molecule has 0 saturated heterocycles. The Morgan fingerprint density at radius 3 is 2.72 bits per heavy atom. The van der Waals surface area contributed by atoms with Crippen molar-refractivity contribution in [3.05, 3.63) is 62.7 Å². The molecule has 0 fully saturated rings.